The Morgan fingerprint density at radius 3 is 2.71 bits per heavy atom. The summed E-state index contributed by atoms with van der Waals surface area (Å²) in [5.41, 5.74) is 0.942. The topological polar surface area (TPSA) is 41.1 Å². The Bertz CT molecular complexity index is 537. The van der Waals surface area contributed by atoms with Gasteiger partial charge in [0.1, 0.15) is 0 Å². The number of hydrogen-bond donors (Lipinski definition) is 2. The van der Waals surface area contributed by atoms with Gasteiger partial charge in [-0.15, -0.1) is 0 Å². The minimum atomic E-state index is -0.468. The molecule has 2 N–H and O–H groups in total. The minimum absolute atomic E-state index is 0.0365. The maximum Gasteiger partial charge on any atom is 0.230 e. The third-order valence-electron chi connectivity index (χ3n) is 4.43. The third-order valence-corrected chi connectivity index (χ3v) is 5.23. The van der Waals surface area contributed by atoms with Crippen LogP contribution < -0.4 is 10.6 Å². The molecular weight excluding hydrogens is 307 g/mol. The van der Waals surface area contributed by atoms with Crippen molar-refractivity contribution in [1.29, 1.82) is 0 Å². The van der Waals surface area contributed by atoms with Crippen molar-refractivity contribution in [3.63, 3.8) is 0 Å². The summed E-state index contributed by atoms with van der Waals surface area (Å²) < 4.78 is 0. The first-order chi connectivity index (χ1) is 9.84. The number of hydrogen-bond acceptors (Lipinski definition) is 2. The van der Waals surface area contributed by atoms with E-state index in [0.29, 0.717) is 21.7 Å². The first-order valence-corrected chi connectivity index (χ1v) is 8.06. The molecular formula is C16H22Cl2N2O. The van der Waals surface area contributed by atoms with Crippen LogP contribution in [0.25, 0.3) is 0 Å². The van der Waals surface area contributed by atoms with Gasteiger partial charge in [0.25, 0.3) is 0 Å². The van der Waals surface area contributed by atoms with E-state index in [-0.39, 0.29) is 5.91 Å². The molecule has 1 aliphatic rings. The number of halogens is 2. The van der Waals surface area contributed by atoms with Gasteiger partial charge in [-0.1, -0.05) is 43.1 Å². The molecule has 3 nitrogen and oxygen atoms in total. The molecule has 1 aliphatic heterocycles. The van der Waals surface area contributed by atoms with Gasteiger partial charge in [-0.25, -0.2) is 0 Å². The Labute approximate surface area is 136 Å². The number of piperidine rings is 1. The summed E-state index contributed by atoms with van der Waals surface area (Å²) >= 11 is 12.4. The summed E-state index contributed by atoms with van der Waals surface area (Å²) in [4.78, 5) is 12.7. The number of amides is 1. The third kappa shape index (κ3) is 3.53. The fraction of sp³-hybridized carbons (Fsp3) is 0.562. The molecule has 1 fully saturated rings. The lowest BCUT2D eigenvalue weighted by Crippen LogP contribution is -2.44. The fourth-order valence-corrected chi connectivity index (χ4v) is 3.16. The average Bonchev–Trinajstić information content (AvgIpc) is 2.48. The largest absolute Gasteiger partial charge is 0.323 e. The second kappa shape index (κ2) is 6.55. The summed E-state index contributed by atoms with van der Waals surface area (Å²) in [5.74, 6) is 0.277. The highest BCUT2D eigenvalue weighted by Gasteiger charge is 2.37. The Balaban J connectivity index is 2.19. The van der Waals surface area contributed by atoms with Crippen LogP contribution in [-0.2, 0) is 4.79 Å². The van der Waals surface area contributed by atoms with E-state index in [4.69, 9.17) is 23.2 Å². The van der Waals surface area contributed by atoms with Gasteiger partial charge < -0.3 is 10.6 Å². The van der Waals surface area contributed by atoms with Crippen molar-refractivity contribution in [3.8, 4) is 0 Å². The van der Waals surface area contributed by atoms with E-state index in [0.717, 1.165) is 31.5 Å². The number of benzene rings is 1. The molecule has 0 saturated carbocycles. The monoisotopic (exact) mass is 328 g/mol. The van der Waals surface area contributed by atoms with Crippen molar-refractivity contribution < 1.29 is 4.79 Å². The number of anilines is 1. The van der Waals surface area contributed by atoms with Gasteiger partial charge in [0.2, 0.25) is 5.91 Å². The zero-order chi connectivity index (χ0) is 15.6. The highest BCUT2D eigenvalue weighted by Crippen LogP contribution is 2.37. The molecule has 0 bridgehead atoms. The van der Waals surface area contributed by atoms with Gasteiger partial charge >= 0.3 is 0 Å². The molecule has 0 aromatic heterocycles. The lowest BCUT2D eigenvalue weighted by Gasteiger charge is -2.36. The molecule has 0 spiro atoms. The predicted octanol–water partition coefficient (Wildman–Crippen LogP) is 4.27. The molecule has 0 radical (unpaired) electrons. The fourth-order valence-electron chi connectivity index (χ4n) is 2.70. The van der Waals surface area contributed by atoms with Crippen LogP contribution in [0.4, 0.5) is 5.69 Å². The van der Waals surface area contributed by atoms with Gasteiger partial charge in [-0.2, -0.15) is 0 Å². The average molecular weight is 329 g/mol. The SMILES string of the molecule is Cc1ccc(Cl)c(NC(=O)C(C)(C)C2CCCNC2)c1Cl. The standard InChI is InChI=1S/C16H22Cl2N2O/c1-10-6-7-12(17)14(13(10)18)20-15(21)16(2,3)11-5-4-8-19-9-11/h6-7,11,19H,4-5,8-9H2,1-3H3,(H,20,21). The molecule has 2 rings (SSSR count). The van der Waals surface area contributed by atoms with Crippen molar-refractivity contribution in [2.24, 2.45) is 11.3 Å². The number of rotatable bonds is 3. The molecule has 1 unspecified atom stereocenters. The predicted molar refractivity (Wildman–Crippen MR) is 89.2 cm³/mol. The zero-order valence-electron chi connectivity index (χ0n) is 12.7. The molecule has 0 aliphatic carbocycles. The van der Waals surface area contributed by atoms with E-state index in [2.05, 4.69) is 10.6 Å². The summed E-state index contributed by atoms with van der Waals surface area (Å²) in [6, 6.07) is 3.60. The van der Waals surface area contributed by atoms with E-state index < -0.39 is 5.41 Å². The van der Waals surface area contributed by atoms with Crippen LogP contribution in [0.5, 0.6) is 0 Å². The van der Waals surface area contributed by atoms with Crippen molar-refractivity contribution in [2.75, 3.05) is 18.4 Å². The molecule has 1 atom stereocenters. The van der Waals surface area contributed by atoms with Crippen LogP contribution in [-0.4, -0.2) is 19.0 Å². The number of carbonyl (C=O) groups is 1. The van der Waals surface area contributed by atoms with E-state index in [1.165, 1.54) is 0 Å². The molecule has 21 heavy (non-hydrogen) atoms. The normalized spacial score (nSPS) is 19.4. The molecule has 1 heterocycles. The van der Waals surface area contributed by atoms with Crippen LogP contribution in [0.2, 0.25) is 10.0 Å². The lowest BCUT2D eigenvalue weighted by atomic mass is 9.74. The molecule has 1 aromatic rings. The Morgan fingerprint density at radius 2 is 2.10 bits per heavy atom. The Hall–Kier alpha value is -0.770. The molecule has 116 valence electrons. The van der Waals surface area contributed by atoms with Crippen molar-refractivity contribution in [2.45, 2.75) is 33.6 Å². The smallest absolute Gasteiger partial charge is 0.230 e. The molecule has 1 saturated heterocycles. The second-order valence-electron chi connectivity index (χ2n) is 6.27. The van der Waals surface area contributed by atoms with Crippen LogP contribution in [0.15, 0.2) is 12.1 Å². The van der Waals surface area contributed by atoms with Gasteiger partial charge in [0.15, 0.2) is 0 Å². The summed E-state index contributed by atoms with van der Waals surface area (Å²) in [6.45, 7) is 7.76. The number of nitrogens with one attached hydrogen (secondary N) is 2. The quantitative estimate of drug-likeness (QED) is 0.870. The van der Waals surface area contributed by atoms with E-state index in [1.807, 2.05) is 26.8 Å². The summed E-state index contributed by atoms with van der Waals surface area (Å²) in [6.07, 6.45) is 2.16. The Morgan fingerprint density at radius 1 is 1.38 bits per heavy atom. The van der Waals surface area contributed by atoms with Crippen molar-refractivity contribution >= 4 is 34.8 Å². The van der Waals surface area contributed by atoms with Gasteiger partial charge in [-0.05, 0) is 50.4 Å². The number of aryl methyl sites for hydroxylation is 1. The maximum absolute atomic E-state index is 12.7. The van der Waals surface area contributed by atoms with Gasteiger partial charge in [0.05, 0.1) is 15.7 Å². The van der Waals surface area contributed by atoms with E-state index >= 15 is 0 Å². The van der Waals surface area contributed by atoms with Gasteiger partial charge in [0, 0.05) is 5.41 Å². The molecule has 1 aromatic carbocycles. The van der Waals surface area contributed by atoms with Gasteiger partial charge in [-0.3, -0.25) is 4.79 Å². The highest BCUT2D eigenvalue weighted by molar-refractivity contribution is 6.40. The Kier molecular flexibility index (Phi) is 5.18. The lowest BCUT2D eigenvalue weighted by molar-refractivity contribution is -0.127. The molecule has 5 heteroatoms. The second-order valence-corrected chi connectivity index (χ2v) is 7.06. The van der Waals surface area contributed by atoms with Crippen LogP contribution in [0.3, 0.4) is 0 Å². The van der Waals surface area contributed by atoms with Crippen molar-refractivity contribution in [1.82, 2.24) is 5.32 Å². The van der Waals surface area contributed by atoms with Crippen molar-refractivity contribution in [3.05, 3.63) is 27.7 Å². The van der Waals surface area contributed by atoms with E-state index in [1.54, 1.807) is 6.07 Å². The van der Waals surface area contributed by atoms with Crippen LogP contribution in [0, 0.1) is 18.3 Å². The summed E-state index contributed by atoms with van der Waals surface area (Å²) in [5, 5.41) is 7.26. The first-order valence-electron chi connectivity index (χ1n) is 7.31. The molecule has 1 amide bonds. The first kappa shape index (κ1) is 16.6. The number of carbonyl (C=O) groups excluding carboxylic acids is 1. The highest BCUT2D eigenvalue weighted by atomic mass is 35.5. The van der Waals surface area contributed by atoms with Crippen LogP contribution in [0.1, 0.15) is 32.3 Å². The zero-order valence-corrected chi connectivity index (χ0v) is 14.2. The van der Waals surface area contributed by atoms with Crippen LogP contribution >= 0.6 is 23.2 Å². The minimum Gasteiger partial charge on any atom is -0.323 e. The van der Waals surface area contributed by atoms with E-state index in [9.17, 15) is 4.79 Å². The maximum atomic E-state index is 12.7. The summed E-state index contributed by atoms with van der Waals surface area (Å²) in [7, 11) is 0.